The Kier molecular flexibility index (Phi) is 3.03. The van der Waals surface area contributed by atoms with Crippen LogP contribution in [0.3, 0.4) is 0 Å². The van der Waals surface area contributed by atoms with Gasteiger partial charge in [0.05, 0.1) is 0 Å². The van der Waals surface area contributed by atoms with Gasteiger partial charge in [-0.3, -0.25) is 5.21 Å². The van der Waals surface area contributed by atoms with E-state index >= 15 is 0 Å². The van der Waals surface area contributed by atoms with Gasteiger partial charge in [-0.25, -0.2) is 9.59 Å². The van der Waals surface area contributed by atoms with Crippen molar-refractivity contribution < 1.29 is 14.8 Å². The predicted octanol–water partition coefficient (Wildman–Crippen LogP) is 0.988. The number of para-hydroxylation sites is 1. The number of imide groups is 1. The van der Waals surface area contributed by atoms with E-state index in [0.29, 0.717) is 5.69 Å². The van der Waals surface area contributed by atoms with E-state index < -0.39 is 12.1 Å². The third-order valence-electron chi connectivity index (χ3n) is 1.43. The van der Waals surface area contributed by atoms with Gasteiger partial charge in [-0.1, -0.05) is 18.2 Å². The van der Waals surface area contributed by atoms with E-state index in [1.807, 2.05) is 0 Å². The molecule has 4 N–H and O–H groups in total. The first-order valence-corrected chi connectivity index (χ1v) is 3.75. The fourth-order valence-electron chi connectivity index (χ4n) is 0.798. The van der Waals surface area contributed by atoms with Crippen LogP contribution in [0.5, 0.6) is 0 Å². The zero-order valence-electron chi connectivity index (χ0n) is 7.18. The molecule has 0 aliphatic rings. The SMILES string of the molecule is NC(=O)N(O)C(=O)Nc1ccccc1. The van der Waals surface area contributed by atoms with E-state index in [4.69, 9.17) is 5.21 Å². The van der Waals surface area contributed by atoms with Gasteiger partial charge in [0.25, 0.3) is 0 Å². The third-order valence-corrected chi connectivity index (χ3v) is 1.43. The van der Waals surface area contributed by atoms with Gasteiger partial charge in [0.15, 0.2) is 0 Å². The Morgan fingerprint density at radius 1 is 1.29 bits per heavy atom. The lowest BCUT2D eigenvalue weighted by molar-refractivity contribution is 0.00709. The van der Waals surface area contributed by atoms with Crippen molar-refractivity contribution in [2.75, 3.05) is 5.32 Å². The van der Waals surface area contributed by atoms with Crippen molar-refractivity contribution in [2.24, 2.45) is 5.73 Å². The number of hydroxylamine groups is 2. The van der Waals surface area contributed by atoms with E-state index in [9.17, 15) is 9.59 Å². The van der Waals surface area contributed by atoms with Gasteiger partial charge < -0.3 is 11.1 Å². The first kappa shape index (κ1) is 10.0. The summed E-state index contributed by atoms with van der Waals surface area (Å²) in [6.07, 6.45) is 0. The number of hydrogen-bond acceptors (Lipinski definition) is 3. The van der Waals surface area contributed by atoms with Crippen LogP contribution in [-0.4, -0.2) is 22.3 Å². The Morgan fingerprint density at radius 2 is 1.86 bits per heavy atom. The number of urea groups is 2. The molecule has 0 radical (unpaired) electrons. The maximum Gasteiger partial charge on any atom is 0.354 e. The summed E-state index contributed by atoms with van der Waals surface area (Å²) in [6, 6.07) is 6.13. The molecule has 0 bridgehead atoms. The molecule has 0 aromatic heterocycles. The summed E-state index contributed by atoms with van der Waals surface area (Å²) in [5.41, 5.74) is 5.12. The molecule has 1 aromatic carbocycles. The van der Waals surface area contributed by atoms with Crippen LogP contribution in [0.4, 0.5) is 15.3 Å². The number of carbonyl (C=O) groups is 2. The summed E-state index contributed by atoms with van der Waals surface area (Å²) in [5, 5.41) is 10.9. The van der Waals surface area contributed by atoms with Crippen molar-refractivity contribution in [3.05, 3.63) is 30.3 Å². The minimum atomic E-state index is -1.24. The Labute approximate surface area is 79.9 Å². The van der Waals surface area contributed by atoms with Crippen LogP contribution in [0.15, 0.2) is 30.3 Å². The molecule has 0 fully saturated rings. The highest BCUT2D eigenvalue weighted by Gasteiger charge is 2.15. The van der Waals surface area contributed by atoms with Gasteiger partial charge in [0.2, 0.25) is 0 Å². The van der Waals surface area contributed by atoms with Crippen molar-refractivity contribution in [3.8, 4) is 0 Å². The van der Waals surface area contributed by atoms with Crippen molar-refractivity contribution in [1.29, 1.82) is 0 Å². The number of anilines is 1. The molecule has 14 heavy (non-hydrogen) atoms. The number of nitrogens with one attached hydrogen (secondary N) is 1. The summed E-state index contributed by atoms with van der Waals surface area (Å²) >= 11 is 0. The summed E-state index contributed by atoms with van der Waals surface area (Å²) in [7, 11) is 0. The molecule has 1 aromatic rings. The minimum absolute atomic E-state index is 0.201. The second-order valence-electron chi connectivity index (χ2n) is 2.45. The largest absolute Gasteiger partial charge is 0.354 e. The lowest BCUT2D eigenvalue weighted by atomic mass is 10.3. The predicted molar refractivity (Wildman–Crippen MR) is 48.7 cm³/mol. The topological polar surface area (TPSA) is 95.7 Å². The van der Waals surface area contributed by atoms with E-state index in [1.54, 1.807) is 30.3 Å². The van der Waals surface area contributed by atoms with Gasteiger partial charge in [0.1, 0.15) is 0 Å². The molecule has 0 aliphatic carbocycles. The molecule has 6 nitrogen and oxygen atoms in total. The number of nitrogens with two attached hydrogens (primary N) is 1. The highest BCUT2D eigenvalue weighted by Crippen LogP contribution is 2.05. The maximum absolute atomic E-state index is 11.0. The van der Waals surface area contributed by atoms with Gasteiger partial charge in [-0.05, 0) is 12.1 Å². The molecule has 74 valence electrons. The van der Waals surface area contributed by atoms with Crippen LogP contribution in [0.25, 0.3) is 0 Å². The minimum Gasteiger partial charge on any atom is -0.349 e. The van der Waals surface area contributed by atoms with Crippen LogP contribution in [0.1, 0.15) is 0 Å². The van der Waals surface area contributed by atoms with Gasteiger partial charge in [-0.2, -0.15) is 0 Å². The summed E-state index contributed by atoms with van der Waals surface area (Å²) in [5.74, 6) is 0. The lowest BCUT2D eigenvalue weighted by Crippen LogP contribution is -2.40. The second-order valence-corrected chi connectivity index (χ2v) is 2.45. The molecular weight excluding hydrogens is 186 g/mol. The van der Waals surface area contributed by atoms with Gasteiger partial charge in [0, 0.05) is 5.69 Å². The second kappa shape index (κ2) is 4.24. The van der Waals surface area contributed by atoms with Crippen molar-refractivity contribution in [2.45, 2.75) is 0 Å². The van der Waals surface area contributed by atoms with Crippen LogP contribution in [-0.2, 0) is 0 Å². The zero-order valence-corrected chi connectivity index (χ0v) is 7.18. The number of benzene rings is 1. The molecule has 0 atom stereocenters. The Morgan fingerprint density at radius 3 is 2.36 bits per heavy atom. The average molecular weight is 195 g/mol. The molecule has 0 unspecified atom stereocenters. The molecule has 6 heteroatoms. The number of carbonyl (C=O) groups excluding carboxylic acids is 2. The Hall–Kier alpha value is -2.08. The molecule has 0 aliphatic heterocycles. The summed E-state index contributed by atoms with van der Waals surface area (Å²) in [6.45, 7) is 0. The van der Waals surface area contributed by atoms with Crippen molar-refractivity contribution >= 4 is 17.7 Å². The molecule has 0 saturated heterocycles. The first-order valence-electron chi connectivity index (χ1n) is 3.75. The molecular formula is C8H9N3O3. The number of nitrogens with zero attached hydrogens (tertiary/aromatic N) is 1. The number of amides is 4. The normalized spacial score (nSPS) is 9.21. The molecule has 4 amide bonds. The Balaban J connectivity index is 2.62. The van der Waals surface area contributed by atoms with E-state index in [2.05, 4.69) is 11.1 Å². The fourth-order valence-corrected chi connectivity index (χ4v) is 0.798. The van der Waals surface area contributed by atoms with Gasteiger partial charge in [-0.15, -0.1) is 5.06 Å². The molecule has 0 spiro atoms. The highest BCUT2D eigenvalue weighted by molar-refractivity contribution is 5.98. The summed E-state index contributed by atoms with van der Waals surface area (Å²) < 4.78 is 0. The third kappa shape index (κ3) is 2.46. The van der Waals surface area contributed by atoms with Crippen LogP contribution in [0.2, 0.25) is 0 Å². The zero-order chi connectivity index (χ0) is 10.6. The monoisotopic (exact) mass is 195 g/mol. The molecule has 1 rings (SSSR count). The lowest BCUT2D eigenvalue weighted by Gasteiger charge is -2.10. The van der Waals surface area contributed by atoms with E-state index in [1.165, 1.54) is 0 Å². The fraction of sp³-hybridized carbons (Fsp3) is 0. The smallest absolute Gasteiger partial charge is 0.349 e. The first-order chi connectivity index (χ1) is 6.61. The van der Waals surface area contributed by atoms with Crippen molar-refractivity contribution in [1.82, 2.24) is 5.06 Å². The standard InChI is InChI=1S/C8H9N3O3/c9-7(12)11(14)8(13)10-6-4-2-1-3-5-6/h1-5,14H,(H2,9,12)(H,10,13). The number of hydrogen-bond donors (Lipinski definition) is 3. The Bertz CT molecular complexity index is 339. The average Bonchev–Trinajstić information content (AvgIpc) is 2.18. The van der Waals surface area contributed by atoms with Crippen LogP contribution in [0, 0.1) is 0 Å². The number of primary amides is 1. The van der Waals surface area contributed by atoms with E-state index in [-0.39, 0.29) is 5.06 Å². The summed E-state index contributed by atoms with van der Waals surface area (Å²) in [4.78, 5) is 21.4. The van der Waals surface area contributed by atoms with Crippen LogP contribution >= 0.6 is 0 Å². The van der Waals surface area contributed by atoms with Gasteiger partial charge >= 0.3 is 12.1 Å². The molecule has 0 heterocycles. The quantitative estimate of drug-likeness (QED) is 0.460. The molecule has 0 saturated carbocycles. The highest BCUT2D eigenvalue weighted by atomic mass is 16.5. The number of rotatable bonds is 1. The van der Waals surface area contributed by atoms with E-state index in [0.717, 1.165) is 0 Å². The van der Waals surface area contributed by atoms with Crippen molar-refractivity contribution in [3.63, 3.8) is 0 Å². The maximum atomic E-state index is 11.0. The van der Waals surface area contributed by atoms with Crippen LogP contribution < -0.4 is 11.1 Å².